The second kappa shape index (κ2) is 9.20. The molecule has 1 aliphatic heterocycles. The Hall–Kier alpha value is -2.11. The molecule has 1 saturated heterocycles. The molecule has 1 aromatic heterocycles. The Balaban J connectivity index is 1.56. The second-order valence-corrected chi connectivity index (χ2v) is 7.35. The lowest BCUT2D eigenvalue weighted by molar-refractivity contribution is -0.121. The van der Waals surface area contributed by atoms with Crippen LogP contribution in [0.4, 0.5) is 0 Å². The van der Waals surface area contributed by atoms with Crippen molar-refractivity contribution in [1.29, 1.82) is 0 Å². The fourth-order valence-electron chi connectivity index (χ4n) is 3.60. The lowest BCUT2D eigenvalue weighted by atomic mass is 10.0. The summed E-state index contributed by atoms with van der Waals surface area (Å²) in [6.45, 7) is 9.83. The Morgan fingerprint density at radius 2 is 1.93 bits per heavy atom. The van der Waals surface area contributed by atoms with Gasteiger partial charge in [0.15, 0.2) is 0 Å². The molecule has 1 amide bonds. The molecule has 0 radical (unpaired) electrons. The molecule has 27 heavy (non-hydrogen) atoms. The van der Waals surface area contributed by atoms with Crippen LogP contribution in [0, 0.1) is 20.8 Å². The Bertz CT molecular complexity index is 763. The number of aryl methyl sites for hydroxylation is 4. The number of nitrogens with one attached hydrogen (secondary N) is 1. The van der Waals surface area contributed by atoms with Crippen molar-refractivity contribution in [3.63, 3.8) is 0 Å². The van der Waals surface area contributed by atoms with Gasteiger partial charge in [0.2, 0.25) is 5.91 Å². The fraction of sp³-hybridized carbons (Fsp3) is 0.500. The predicted molar refractivity (Wildman–Crippen MR) is 106 cm³/mol. The van der Waals surface area contributed by atoms with Gasteiger partial charge in [-0.1, -0.05) is 23.8 Å². The maximum absolute atomic E-state index is 12.4. The molecule has 146 valence electrons. The molecule has 2 aromatic rings. The maximum Gasteiger partial charge on any atom is 0.220 e. The zero-order valence-electron chi connectivity index (χ0n) is 16.6. The van der Waals surface area contributed by atoms with Gasteiger partial charge in [0.05, 0.1) is 19.3 Å². The van der Waals surface area contributed by atoms with Gasteiger partial charge in [-0.25, -0.2) is 0 Å². The van der Waals surface area contributed by atoms with E-state index in [9.17, 15) is 4.79 Å². The number of amides is 1. The summed E-state index contributed by atoms with van der Waals surface area (Å²) < 4.78 is 11.3. The monoisotopic (exact) mass is 370 g/mol. The minimum Gasteiger partial charge on any atom is -0.465 e. The van der Waals surface area contributed by atoms with Gasteiger partial charge in [0, 0.05) is 26.1 Å². The van der Waals surface area contributed by atoms with E-state index in [4.69, 9.17) is 9.15 Å². The molecule has 3 rings (SSSR count). The Kier molecular flexibility index (Phi) is 6.69. The van der Waals surface area contributed by atoms with Crippen LogP contribution >= 0.6 is 0 Å². The summed E-state index contributed by atoms with van der Waals surface area (Å²) in [5.74, 6) is 1.88. The molecule has 0 spiro atoms. The third-order valence-corrected chi connectivity index (χ3v) is 5.19. The first-order valence-electron chi connectivity index (χ1n) is 9.74. The number of rotatable bonds is 7. The third-order valence-electron chi connectivity index (χ3n) is 5.19. The highest BCUT2D eigenvalue weighted by molar-refractivity contribution is 5.76. The summed E-state index contributed by atoms with van der Waals surface area (Å²) in [4.78, 5) is 14.8. The van der Waals surface area contributed by atoms with Crippen molar-refractivity contribution in [2.24, 2.45) is 0 Å². The zero-order chi connectivity index (χ0) is 19.2. The van der Waals surface area contributed by atoms with E-state index < -0.39 is 0 Å². The van der Waals surface area contributed by atoms with Crippen molar-refractivity contribution < 1.29 is 13.9 Å². The van der Waals surface area contributed by atoms with E-state index in [0.29, 0.717) is 13.0 Å². The van der Waals surface area contributed by atoms with Gasteiger partial charge in [-0.05, 0) is 50.5 Å². The molecule has 5 heteroatoms. The molecule has 0 bridgehead atoms. The van der Waals surface area contributed by atoms with E-state index in [0.717, 1.165) is 44.2 Å². The molecule has 1 aliphatic rings. The molecular formula is C22H30N2O3. The number of benzene rings is 1. The quantitative estimate of drug-likeness (QED) is 0.812. The Morgan fingerprint density at radius 1 is 1.15 bits per heavy atom. The second-order valence-electron chi connectivity index (χ2n) is 7.35. The minimum absolute atomic E-state index is 0.0488. The van der Waals surface area contributed by atoms with Crippen molar-refractivity contribution >= 4 is 5.91 Å². The van der Waals surface area contributed by atoms with Crippen LogP contribution in [0.3, 0.4) is 0 Å². The Labute approximate surface area is 161 Å². The molecule has 1 atom stereocenters. The number of morpholine rings is 1. The van der Waals surface area contributed by atoms with Crippen LogP contribution in [0.15, 0.2) is 34.7 Å². The summed E-state index contributed by atoms with van der Waals surface area (Å²) in [6.07, 6.45) is 1.26. The number of hydrogen-bond donors (Lipinski definition) is 1. The van der Waals surface area contributed by atoms with Crippen LogP contribution in [-0.4, -0.2) is 43.7 Å². The van der Waals surface area contributed by atoms with E-state index in [1.165, 1.54) is 16.7 Å². The lowest BCUT2D eigenvalue weighted by Crippen LogP contribution is -2.43. The van der Waals surface area contributed by atoms with Crippen molar-refractivity contribution in [1.82, 2.24) is 10.2 Å². The topological polar surface area (TPSA) is 54.7 Å². The normalized spacial score (nSPS) is 16.3. The zero-order valence-corrected chi connectivity index (χ0v) is 16.6. The number of carbonyl (C=O) groups excluding carboxylic acids is 1. The van der Waals surface area contributed by atoms with Crippen LogP contribution < -0.4 is 5.32 Å². The van der Waals surface area contributed by atoms with Crippen LogP contribution in [0.1, 0.15) is 40.7 Å². The molecule has 1 N–H and O–H groups in total. The minimum atomic E-state index is 0.0488. The van der Waals surface area contributed by atoms with Gasteiger partial charge >= 0.3 is 0 Å². The molecule has 1 unspecified atom stereocenters. The van der Waals surface area contributed by atoms with Crippen molar-refractivity contribution in [3.8, 4) is 0 Å². The molecular weight excluding hydrogens is 340 g/mol. The SMILES string of the molecule is Cc1ccc(CCC(=O)NCC(c2ccc(C)o2)N2CCOCC2)c(C)c1. The number of carbonyl (C=O) groups is 1. The number of nitrogens with zero attached hydrogens (tertiary/aromatic N) is 1. The van der Waals surface area contributed by atoms with E-state index >= 15 is 0 Å². The van der Waals surface area contributed by atoms with Crippen molar-refractivity contribution in [3.05, 3.63) is 58.5 Å². The van der Waals surface area contributed by atoms with Gasteiger partial charge in [-0.3, -0.25) is 9.69 Å². The average Bonchev–Trinajstić information content (AvgIpc) is 3.08. The summed E-state index contributed by atoms with van der Waals surface area (Å²) in [5.41, 5.74) is 3.74. The highest BCUT2D eigenvalue weighted by Gasteiger charge is 2.25. The van der Waals surface area contributed by atoms with Crippen LogP contribution in [-0.2, 0) is 16.0 Å². The van der Waals surface area contributed by atoms with E-state index in [1.54, 1.807) is 0 Å². The van der Waals surface area contributed by atoms with Crippen LogP contribution in [0.2, 0.25) is 0 Å². The van der Waals surface area contributed by atoms with Gasteiger partial charge in [-0.2, -0.15) is 0 Å². The van der Waals surface area contributed by atoms with Gasteiger partial charge in [0.1, 0.15) is 11.5 Å². The lowest BCUT2D eigenvalue weighted by Gasteiger charge is -2.33. The van der Waals surface area contributed by atoms with Crippen molar-refractivity contribution in [2.75, 3.05) is 32.8 Å². The average molecular weight is 370 g/mol. The summed E-state index contributed by atoms with van der Waals surface area (Å²) in [5, 5.41) is 3.11. The molecule has 2 heterocycles. The third kappa shape index (κ3) is 5.44. The summed E-state index contributed by atoms with van der Waals surface area (Å²) in [6, 6.07) is 10.4. The van der Waals surface area contributed by atoms with Crippen LogP contribution in [0.25, 0.3) is 0 Å². The fourth-order valence-corrected chi connectivity index (χ4v) is 3.60. The highest BCUT2D eigenvalue weighted by atomic mass is 16.5. The number of ether oxygens (including phenoxy) is 1. The highest BCUT2D eigenvalue weighted by Crippen LogP contribution is 2.23. The number of hydrogen-bond acceptors (Lipinski definition) is 4. The first-order valence-corrected chi connectivity index (χ1v) is 9.74. The van der Waals surface area contributed by atoms with Crippen LogP contribution in [0.5, 0.6) is 0 Å². The maximum atomic E-state index is 12.4. The summed E-state index contributed by atoms with van der Waals surface area (Å²) in [7, 11) is 0. The molecule has 1 fully saturated rings. The largest absolute Gasteiger partial charge is 0.465 e. The Morgan fingerprint density at radius 3 is 2.59 bits per heavy atom. The van der Waals surface area contributed by atoms with E-state index in [-0.39, 0.29) is 11.9 Å². The van der Waals surface area contributed by atoms with Gasteiger partial charge in [0.25, 0.3) is 0 Å². The smallest absolute Gasteiger partial charge is 0.220 e. The molecule has 1 aromatic carbocycles. The van der Waals surface area contributed by atoms with Gasteiger partial charge in [-0.15, -0.1) is 0 Å². The molecule has 0 aliphatic carbocycles. The molecule has 5 nitrogen and oxygen atoms in total. The number of furan rings is 1. The first-order chi connectivity index (χ1) is 13.0. The standard InChI is InChI=1S/C22H30N2O3/c1-16-4-6-19(17(2)14-16)7-9-22(25)23-15-20(21-8-5-18(3)27-21)24-10-12-26-13-11-24/h4-6,8,14,20H,7,9-13,15H2,1-3H3,(H,23,25). The predicted octanol–water partition coefficient (Wildman–Crippen LogP) is 3.33. The first kappa shape index (κ1) is 19.6. The molecule has 0 saturated carbocycles. The summed E-state index contributed by atoms with van der Waals surface area (Å²) >= 11 is 0. The van der Waals surface area contributed by atoms with E-state index in [1.807, 2.05) is 19.1 Å². The van der Waals surface area contributed by atoms with Crippen molar-refractivity contribution in [2.45, 2.75) is 39.7 Å². The van der Waals surface area contributed by atoms with E-state index in [2.05, 4.69) is 42.3 Å². The van der Waals surface area contributed by atoms with Gasteiger partial charge < -0.3 is 14.5 Å².